The van der Waals surface area contributed by atoms with E-state index in [1.54, 1.807) is 0 Å². The van der Waals surface area contributed by atoms with Crippen LogP contribution in [0.4, 0.5) is 5.69 Å². The van der Waals surface area contributed by atoms with Gasteiger partial charge in [-0.1, -0.05) is 36.7 Å². The van der Waals surface area contributed by atoms with Crippen molar-refractivity contribution in [2.45, 2.75) is 33.6 Å². The summed E-state index contributed by atoms with van der Waals surface area (Å²) >= 11 is 0. The van der Waals surface area contributed by atoms with Crippen molar-refractivity contribution in [1.29, 1.82) is 0 Å². The van der Waals surface area contributed by atoms with E-state index in [9.17, 15) is 0 Å². The van der Waals surface area contributed by atoms with Crippen LogP contribution in [0, 0.1) is 12.8 Å². The van der Waals surface area contributed by atoms with Crippen LogP contribution in [-0.2, 0) is 12.8 Å². The van der Waals surface area contributed by atoms with Gasteiger partial charge in [-0.3, -0.25) is 0 Å². The van der Waals surface area contributed by atoms with E-state index in [0.717, 1.165) is 30.9 Å². The normalized spacial score (nSPS) is 10.9. The Labute approximate surface area is 114 Å². The molecule has 0 bridgehead atoms. The molecule has 1 heterocycles. The number of benzene rings is 1. The van der Waals surface area contributed by atoms with Crippen molar-refractivity contribution in [3.05, 3.63) is 41.5 Å². The second-order valence-corrected chi connectivity index (χ2v) is 5.25. The summed E-state index contributed by atoms with van der Waals surface area (Å²) in [6, 6.07) is 8.34. The predicted molar refractivity (Wildman–Crippen MR) is 76.2 cm³/mol. The summed E-state index contributed by atoms with van der Waals surface area (Å²) in [7, 11) is 0. The maximum absolute atomic E-state index is 5.22. The van der Waals surface area contributed by atoms with Crippen LogP contribution in [0.1, 0.15) is 31.1 Å². The van der Waals surface area contributed by atoms with Gasteiger partial charge in [0.2, 0.25) is 5.89 Å². The first-order valence-corrected chi connectivity index (χ1v) is 6.75. The van der Waals surface area contributed by atoms with E-state index in [4.69, 9.17) is 4.52 Å². The summed E-state index contributed by atoms with van der Waals surface area (Å²) in [6.07, 6.45) is 1.62. The molecule has 0 spiro atoms. The monoisotopic (exact) mass is 259 g/mol. The molecule has 0 aliphatic heterocycles. The fourth-order valence-corrected chi connectivity index (χ4v) is 1.82. The Balaban J connectivity index is 1.79. The minimum Gasteiger partial charge on any atom is -0.385 e. The van der Waals surface area contributed by atoms with Crippen molar-refractivity contribution in [2.75, 3.05) is 11.9 Å². The Morgan fingerprint density at radius 2 is 1.95 bits per heavy atom. The minimum atomic E-state index is 0.552. The molecule has 0 aliphatic carbocycles. The average molecular weight is 259 g/mol. The Kier molecular flexibility index (Phi) is 4.55. The van der Waals surface area contributed by atoms with E-state index in [1.807, 2.05) is 0 Å². The number of hydrogen-bond acceptors (Lipinski definition) is 4. The second-order valence-electron chi connectivity index (χ2n) is 5.25. The molecule has 4 heteroatoms. The van der Waals surface area contributed by atoms with Crippen molar-refractivity contribution >= 4 is 5.69 Å². The van der Waals surface area contributed by atoms with E-state index < -0.39 is 0 Å². The van der Waals surface area contributed by atoms with Crippen molar-refractivity contribution in [3.8, 4) is 0 Å². The van der Waals surface area contributed by atoms with E-state index in [2.05, 4.69) is 60.5 Å². The highest BCUT2D eigenvalue weighted by Gasteiger charge is 2.07. The standard InChI is InChI=1S/C15H21N3O/c1-11(2)10-14-17-15(19-18-14)8-9-16-13-6-4-12(3)5-7-13/h4-7,11,16H,8-10H2,1-3H3. The van der Waals surface area contributed by atoms with Gasteiger partial charge in [-0.05, 0) is 25.0 Å². The summed E-state index contributed by atoms with van der Waals surface area (Å²) in [6.45, 7) is 7.18. The van der Waals surface area contributed by atoms with Crippen molar-refractivity contribution in [2.24, 2.45) is 5.92 Å². The molecule has 0 amide bonds. The molecule has 0 unspecified atom stereocenters. The van der Waals surface area contributed by atoms with E-state index >= 15 is 0 Å². The molecule has 1 N–H and O–H groups in total. The summed E-state index contributed by atoms with van der Waals surface area (Å²) in [5.41, 5.74) is 2.38. The fraction of sp³-hybridized carbons (Fsp3) is 0.467. The highest BCUT2D eigenvalue weighted by molar-refractivity contribution is 5.44. The zero-order chi connectivity index (χ0) is 13.7. The lowest BCUT2D eigenvalue weighted by atomic mass is 10.1. The smallest absolute Gasteiger partial charge is 0.228 e. The van der Waals surface area contributed by atoms with Crippen LogP contribution in [0.5, 0.6) is 0 Å². The molecule has 102 valence electrons. The van der Waals surface area contributed by atoms with Crippen molar-refractivity contribution < 1.29 is 4.52 Å². The van der Waals surface area contributed by atoms with E-state index in [-0.39, 0.29) is 0 Å². The Morgan fingerprint density at radius 1 is 1.21 bits per heavy atom. The van der Waals surface area contributed by atoms with Gasteiger partial charge in [-0.25, -0.2) is 0 Å². The second kappa shape index (κ2) is 6.36. The number of hydrogen-bond donors (Lipinski definition) is 1. The van der Waals surface area contributed by atoms with Gasteiger partial charge in [0.15, 0.2) is 5.82 Å². The molecule has 2 rings (SSSR count). The zero-order valence-electron chi connectivity index (χ0n) is 11.8. The Morgan fingerprint density at radius 3 is 2.63 bits per heavy atom. The molecule has 4 nitrogen and oxygen atoms in total. The third-order valence-corrected chi connectivity index (χ3v) is 2.82. The highest BCUT2D eigenvalue weighted by atomic mass is 16.5. The molecule has 0 atom stereocenters. The van der Waals surface area contributed by atoms with Gasteiger partial charge in [0, 0.05) is 25.1 Å². The van der Waals surface area contributed by atoms with Gasteiger partial charge in [-0.15, -0.1) is 0 Å². The molecule has 1 aromatic heterocycles. The van der Waals surface area contributed by atoms with Crippen molar-refractivity contribution in [3.63, 3.8) is 0 Å². The maximum Gasteiger partial charge on any atom is 0.228 e. The van der Waals surface area contributed by atoms with Crippen LogP contribution in [0.3, 0.4) is 0 Å². The molecule has 2 aromatic rings. The highest BCUT2D eigenvalue weighted by Crippen LogP contribution is 2.09. The molecule has 19 heavy (non-hydrogen) atoms. The van der Waals surface area contributed by atoms with Crippen molar-refractivity contribution in [1.82, 2.24) is 10.1 Å². The Bertz CT molecular complexity index is 502. The van der Waals surface area contributed by atoms with E-state index in [1.165, 1.54) is 5.56 Å². The van der Waals surface area contributed by atoms with Gasteiger partial charge in [0.1, 0.15) is 0 Å². The van der Waals surface area contributed by atoms with Crippen LogP contribution in [0.25, 0.3) is 0 Å². The number of aryl methyl sites for hydroxylation is 1. The van der Waals surface area contributed by atoms with Gasteiger partial charge >= 0.3 is 0 Å². The first-order chi connectivity index (χ1) is 9.13. The number of nitrogens with one attached hydrogen (secondary N) is 1. The number of rotatable bonds is 6. The molecule has 0 aliphatic rings. The van der Waals surface area contributed by atoms with E-state index in [0.29, 0.717) is 11.8 Å². The SMILES string of the molecule is Cc1ccc(NCCc2nc(CC(C)C)no2)cc1. The summed E-state index contributed by atoms with van der Waals surface area (Å²) in [4.78, 5) is 4.38. The lowest BCUT2D eigenvalue weighted by Crippen LogP contribution is -2.05. The third kappa shape index (κ3) is 4.39. The summed E-state index contributed by atoms with van der Waals surface area (Å²) in [5, 5.41) is 7.32. The number of anilines is 1. The lowest BCUT2D eigenvalue weighted by Gasteiger charge is -2.04. The molecule has 0 fully saturated rings. The molecule has 0 saturated heterocycles. The number of aromatic nitrogens is 2. The van der Waals surface area contributed by atoms with Gasteiger partial charge in [-0.2, -0.15) is 4.98 Å². The third-order valence-electron chi connectivity index (χ3n) is 2.82. The molecule has 1 aromatic carbocycles. The molecular weight excluding hydrogens is 238 g/mol. The number of nitrogens with zero attached hydrogens (tertiary/aromatic N) is 2. The summed E-state index contributed by atoms with van der Waals surface area (Å²) in [5.74, 6) is 2.06. The van der Waals surface area contributed by atoms with Gasteiger partial charge < -0.3 is 9.84 Å². The topological polar surface area (TPSA) is 51.0 Å². The minimum absolute atomic E-state index is 0.552. The van der Waals surface area contributed by atoms with Crippen LogP contribution < -0.4 is 5.32 Å². The van der Waals surface area contributed by atoms with Crippen LogP contribution in [0.2, 0.25) is 0 Å². The van der Waals surface area contributed by atoms with Gasteiger partial charge in [0.25, 0.3) is 0 Å². The predicted octanol–water partition coefficient (Wildman–Crippen LogP) is 3.23. The fourth-order valence-electron chi connectivity index (χ4n) is 1.82. The van der Waals surface area contributed by atoms with Crippen LogP contribution in [-0.4, -0.2) is 16.7 Å². The zero-order valence-corrected chi connectivity index (χ0v) is 11.8. The molecular formula is C15H21N3O. The first-order valence-electron chi connectivity index (χ1n) is 6.75. The molecule has 0 saturated carbocycles. The maximum atomic E-state index is 5.22. The Hall–Kier alpha value is -1.84. The molecule has 0 radical (unpaired) electrons. The first kappa shape index (κ1) is 13.6. The lowest BCUT2D eigenvalue weighted by molar-refractivity contribution is 0.373. The van der Waals surface area contributed by atoms with Crippen LogP contribution >= 0.6 is 0 Å². The van der Waals surface area contributed by atoms with Gasteiger partial charge in [0.05, 0.1) is 0 Å². The summed E-state index contributed by atoms with van der Waals surface area (Å²) < 4.78 is 5.22. The van der Waals surface area contributed by atoms with Crippen LogP contribution in [0.15, 0.2) is 28.8 Å². The quantitative estimate of drug-likeness (QED) is 0.865. The average Bonchev–Trinajstić information content (AvgIpc) is 2.78. The largest absolute Gasteiger partial charge is 0.385 e.